The van der Waals surface area contributed by atoms with E-state index < -0.39 is 0 Å². The lowest BCUT2D eigenvalue weighted by molar-refractivity contribution is 0.415. The van der Waals surface area contributed by atoms with Crippen molar-refractivity contribution in [3.8, 4) is 35.2 Å². The normalized spacial score (nSPS) is 9.23. The third-order valence-corrected chi connectivity index (χ3v) is 3.26. The van der Waals surface area contributed by atoms with Crippen LogP contribution in [-0.4, -0.2) is 11.7 Å². The van der Waals surface area contributed by atoms with E-state index in [4.69, 9.17) is 15.3 Å². The third kappa shape index (κ3) is 2.68. The van der Waals surface area contributed by atoms with Gasteiger partial charge in [0.2, 0.25) is 0 Å². The summed E-state index contributed by atoms with van der Waals surface area (Å²) in [5.41, 5.74) is 2.27. The SMILES string of the molecule is COc1ccc(-c2cc(C(C#N)=C(C#N)C#N)cn2C)cc1. The van der Waals surface area contributed by atoms with Crippen molar-refractivity contribution < 1.29 is 4.74 Å². The van der Waals surface area contributed by atoms with Crippen LogP contribution in [0.15, 0.2) is 42.1 Å². The summed E-state index contributed by atoms with van der Waals surface area (Å²) in [6.45, 7) is 0. The zero-order chi connectivity index (χ0) is 16.1. The smallest absolute Gasteiger partial charge is 0.148 e. The fourth-order valence-corrected chi connectivity index (χ4v) is 2.15. The molecule has 0 saturated heterocycles. The van der Waals surface area contributed by atoms with E-state index in [0.29, 0.717) is 5.56 Å². The summed E-state index contributed by atoms with van der Waals surface area (Å²) in [6.07, 6.45) is 1.73. The van der Waals surface area contributed by atoms with Crippen LogP contribution in [0, 0.1) is 34.0 Å². The minimum atomic E-state index is -0.186. The van der Waals surface area contributed by atoms with Gasteiger partial charge in [0.15, 0.2) is 0 Å². The van der Waals surface area contributed by atoms with Crippen molar-refractivity contribution in [2.75, 3.05) is 7.11 Å². The molecule has 1 aromatic carbocycles. The van der Waals surface area contributed by atoms with Crippen LogP contribution in [0.25, 0.3) is 16.8 Å². The molecule has 0 unspecified atom stereocenters. The van der Waals surface area contributed by atoms with Crippen molar-refractivity contribution in [1.82, 2.24) is 4.57 Å². The summed E-state index contributed by atoms with van der Waals surface area (Å²) >= 11 is 0. The van der Waals surface area contributed by atoms with Crippen molar-refractivity contribution in [3.05, 3.63) is 47.7 Å². The predicted octanol–water partition coefficient (Wildman–Crippen LogP) is 3.03. The molecule has 0 atom stereocenters. The van der Waals surface area contributed by atoms with Crippen LogP contribution in [0.2, 0.25) is 0 Å². The molecule has 0 spiro atoms. The van der Waals surface area contributed by atoms with E-state index in [0.717, 1.165) is 17.0 Å². The third-order valence-electron chi connectivity index (χ3n) is 3.26. The van der Waals surface area contributed by atoms with Gasteiger partial charge in [0.25, 0.3) is 0 Å². The quantitative estimate of drug-likeness (QED) is 0.812. The number of aromatic nitrogens is 1. The minimum absolute atomic E-state index is 0.0837. The maximum Gasteiger partial charge on any atom is 0.148 e. The second-order valence-electron chi connectivity index (χ2n) is 4.54. The first-order valence-electron chi connectivity index (χ1n) is 6.40. The highest BCUT2D eigenvalue weighted by atomic mass is 16.5. The second kappa shape index (κ2) is 6.31. The zero-order valence-corrected chi connectivity index (χ0v) is 12.2. The summed E-state index contributed by atoms with van der Waals surface area (Å²) < 4.78 is 6.98. The molecule has 0 N–H and O–H groups in total. The van der Waals surface area contributed by atoms with Gasteiger partial charge in [-0.15, -0.1) is 0 Å². The van der Waals surface area contributed by atoms with E-state index in [1.165, 1.54) is 0 Å². The Morgan fingerprint density at radius 1 is 1.05 bits per heavy atom. The van der Waals surface area contributed by atoms with Gasteiger partial charge in [0.05, 0.1) is 12.7 Å². The lowest BCUT2D eigenvalue weighted by atomic mass is 10.0. The molecule has 106 valence electrons. The Morgan fingerprint density at radius 3 is 2.18 bits per heavy atom. The van der Waals surface area contributed by atoms with Crippen LogP contribution in [0.4, 0.5) is 0 Å². The van der Waals surface area contributed by atoms with Gasteiger partial charge in [0, 0.05) is 24.5 Å². The van der Waals surface area contributed by atoms with Gasteiger partial charge in [-0.3, -0.25) is 0 Å². The summed E-state index contributed by atoms with van der Waals surface area (Å²) in [5.74, 6) is 0.757. The molecule has 0 saturated carbocycles. The number of allylic oxidation sites excluding steroid dienone is 2. The van der Waals surface area contributed by atoms with Crippen molar-refractivity contribution in [1.29, 1.82) is 15.8 Å². The Labute approximate surface area is 128 Å². The molecule has 5 nitrogen and oxygen atoms in total. The van der Waals surface area contributed by atoms with Gasteiger partial charge in [-0.1, -0.05) is 0 Å². The average molecular weight is 288 g/mol. The van der Waals surface area contributed by atoms with Crippen molar-refractivity contribution in [3.63, 3.8) is 0 Å². The van der Waals surface area contributed by atoms with Crippen LogP contribution < -0.4 is 4.74 Å². The number of hydrogen-bond acceptors (Lipinski definition) is 4. The lowest BCUT2D eigenvalue weighted by Crippen LogP contribution is -1.89. The molecule has 0 aliphatic heterocycles. The van der Waals surface area contributed by atoms with Crippen LogP contribution in [0.3, 0.4) is 0 Å². The summed E-state index contributed by atoms with van der Waals surface area (Å²) in [4.78, 5) is 0. The fourth-order valence-electron chi connectivity index (χ4n) is 2.15. The molecule has 0 amide bonds. The molecule has 0 bridgehead atoms. The molecule has 2 aromatic rings. The Morgan fingerprint density at radius 2 is 1.68 bits per heavy atom. The highest BCUT2D eigenvalue weighted by Gasteiger charge is 2.13. The van der Waals surface area contributed by atoms with E-state index in [1.807, 2.05) is 41.9 Å². The summed E-state index contributed by atoms with van der Waals surface area (Å²) in [5, 5.41) is 27.1. The van der Waals surface area contributed by atoms with E-state index in [-0.39, 0.29) is 11.1 Å². The molecule has 2 rings (SSSR count). The zero-order valence-electron chi connectivity index (χ0n) is 12.2. The maximum atomic E-state index is 9.22. The first-order valence-corrected chi connectivity index (χ1v) is 6.40. The Hall–Kier alpha value is -3.49. The van der Waals surface area contributed by atoms with Gasteiger partial charge in [-0.05, 0) is 35.9 Å². The number of methoxy groups -OCH3 is 1. The molecule has 1 heterocycles. The topological polar surface area (TPSA) is 85.5 Å². The monoisotopic (exact) mass is 288 g/mol. The molecular formula is C17H12N4O. The summed E-state index contributed by atoms with van der Waals surface area (Å²) in [6, 6.07) is 14.7. The lowest BCUT2D eigenvalue weighted by Gasteiger charge is -2.04. The fraction of sp³-hybridized carbons (Fsp3) is 0.118. The highest BCUT2D eigenvalue weighted by Crippen LogP contribution is 2.28. The van der Waals surface area contributed by atoms with E-state index in [1.54, 1.807) is 31.5 Å². The van der Waals surface area contributed by atoms with Crippen molar-refractivity contribution in [2.45, 2.75) is 0 Å². The molecule has 0 radical (unpaired) electrons. The van der Waals surface area contributed by atoms with Gasteiger partial charge in [-0.2, -0.15) is 15.8 Å². The van der Waals surface area contributed by atoms with Crippen molar-refractivity contribution >= 4 is 5.57 Å². The van der Waals surface area contributed by atoms with Gasteiger partial charge >= 0.3 is 0 Å². The number of hydrogen-bond donors (Lipinski definition) is 0. The number of aryl methyl sites for hydroxylation is 1. The number of nitrogens with zero attached hydrogens (tertiary/aromatic N) is 4. The maximum absolute atomic E-state index is 9.22. The minimum Gasteiger partial charge on any atom is -0.497 e. The van der Waals surface area contributed by atoms with Gasteiger partial charge in [-0.25, -0.2) is 0 Å². The second-order valence-corrected chi connectivity index (χ2v) is 4.54. The van der Waals surface area contributed by atoms with Crippen LogP contribution in [-0.2, 0) is 7.05 Å². The Bertz CT molecular complexity index is 836. The molecule has 0 aliphatic carbocycles. The molecule has 0 fully saturated rings. The number of benzene rings is 1. The predicted molar refractivity (Wildman–Crippen MR) is 81.2 cm³/mol. The van der Waals surface area contributed by atoms with Crippen LogP contribution >= 0.6 is 0 Å². The first-order chi connectivity index (χ1) is 10.6. The molecule has 0 aliphatic rings. The Kier molecular flexibility index (Phi) is 4.27. The van der Waals surface area contributed by atoms with E-state index in [9.17, 15) is 5.26 Å². The highest BCUT2D eigenvalue weighted by molar-refractivity contribution is 5.86. The van der Waals surface area contributed by atoms with Gasteiger partial charge in [0.1, 0.15) is 29.5 Å². The molecule has 5 heteroatoms. The average Bonchev–Trinajstić information content (AvgIpc) is 2.94. The number of rotatable bonds is 3. The van der Waals surface area contributed by atoms with E-state index in [2.05, 4.69) is 0 Å². The number of ether oxygens (including phenoxy) is 1. The van der Waals surface area contributed by atoms with Gasteiger partial charge < -0.3 is 9.30 Å². The molecular weight excluding hydrogens is 276 g/mol. The molecule has 1 aromatic heterocycles. The van der Waals surface area contributed by atoms with E-state index >= 15 is 0 Å². The summed E-state index contributed by atoms with van der Waals surface area (Å²) in [7, 11) is 3.45. The van der Waals surface area contributed by atoms with Crippen LogP contribution in [0.1, 0.15) is 5.56 Å². The van der Waals surface area contributed by atoms with Crippen molar-refractivity contribution in [2.24, 2.45) is 7.05 Å². The number of nitriles is 3. The first kappa shape index (κ1) is 14.9. The van der Waals surface area contributed by atoms with Crippen LogP contribution in [0.5, 0.6) is 5.75 Å². The standard InChI is InChI=1S/C17H12N4O/c1-21-11-13(16(10-20)14(8-18)9-19)7-17(21)12-3-5-15(22-2)6-4-12/h3-7,11H,1-2H3. The largest absolute Gasteiger partial charge is 0.497 e. The Balaban J connectivity index is 2.53. The molecule has 22 heavy (non-hydrogen) atoms.